The first-order valence-electron chi connectivity index (χ1n) is 7.03. The van der Waals surface area contributed by atoms with Gasteiger partial charge in [0, 0.05) is 12.6 Å². The third-order valence-corrected chi connectivity index (χ3v) is 4.28. The van der Waals surface area contributed by atoms with Crippen molar-refractivity contribution in [3.8, 4) is 0 Å². The number of carbonyl (C=O) groups is 1. The molecule has 1 aromatic carbocycles. The van der Waals surface area contributed by atoms with E-state index >= 15 is 0 Å². The molecule has 0 saturated carbocycles. The lowest BCUT2D eigenvalue weighted by molar-refractivity contribution is -0.126. The summed E-state index contributed by atoms with van der Waals surface area (Å²) in [6, 6.07) is 14.2. The Kier molecular flexibility index (Phi) is 4.43. The van der Waals surface area contributed by atoms with Crippen LogP contribution in [0.2, 0.25) is 0 Å². The zero-order chi connectivity index (χ0) is 14.7. The molecule has 1 fully saturated rings. The third-order valence-electron chi connectivity index (χ3n) is 3.70. The number of amides is 1. The zero-order valence-electron chi connectivity index (χ0n) is 11.5. The van der Waals surface area contributed by atoms with Crippen molar-refractivity contribution in [1.82, 2.24) is 4.90 Å². The van der Waals surface area contributed by atoms with E-state index in [0.29, 0.717) is 5.76 Å². The minimum Gasteiger partial charge on any atom is -0.451 e. The molecule has 0 bridgehead atoms. The molecule has 3 nitrogen and oxygen atoms in total. The van der Waals surface area contributed by atoms with E-state index in [1.807, 2.05) is 35.2 Å². The third kappa shape index (κ3) is 3.37. The van der Waals surface area contributed by atoms with Crippen molar-refractivity contribution in [2.75, 3.05) is 6.54 Å². The van der Waals surface area contributed by atoms with Crippen molar-refractivity contribution in [3.63, 3.8) is 0 Å². The molecule has 0 spiro atoms. The van der Waals surface area contributed by atoms with Crippen molar-refractivity contribution < 1.29 is 9.21 Å². The number of furan rings is 1. The molecular formula is C17H16INO2. The van der Waals surface area contributed by atoms with Gasteiger partial charge in [0.2, 0.25) is 5.91 Å². The Morgan fingerprint density at radius 1 is 1.24 bits per heavy atom. The van der Waals surface area contributed by atoms with E-state index in [1.54, 1.807) is 12.2 Å². The Morgan fingerprint density at radius 2 is 2.05 bits per heavy atom. The molecular weight excluding hydrogens is 377 g/mol. The Hall–Kier alpha value is -1.56. The number of hydrogen-bond acceptors (Lipinski definition) is 2. The maximum absolute atomic E-state index is 12.4. The van der Waals surface area contributed by atoms with Gasteiger partial charge in [-0.1, -0.05) is 30.3 Å². The monoisotopic (exact) mass is 393 g/mol. The largest absolute Gasteiger partial charge is 0.451 e. The summed E-state index contributed by atoms with van der Waals surface area (Å²) in [7, 11) is 0. The predicted molar refractivity (Wildman–Crippen MR) is 90.6 cm³/mol. The van der Waals surface area contributed by atoms with Crippen LogP contribution < -0.4 is 0 Å². The second kappa shape index (κ2) is 6.47. The number of likely N-dealkylation sites (tertiary alicyclic amines) is 1. The Morgan fingerprint density at radius 3 is 2.76 bits per heavy atom. The molecule has 1 amide bonds. The Bertz CT molecular complexity index is 648. The first-order chi connectivity index (χ1) is 10.2. The molecule has 2 aromatic rings. The van der Waals surface area contributed by atoms with Gasteiger partial charge in [-0.25, -0.2) is 0 Å². The first-order valence-corrected chi connectivity index (χ1v) is 8.11. The van der Waals surface area contributed by atoms with Gasteiger partial charge in [-0.15, -0.1) is 0 Å². The quantitative estimate of drug-likeness (QED) is 0.577. The topological polar surface area (TPSA) is 33.5 Å². The number of rotatable bonds is 3. The van der Waals surface area contributed by atoms with Crippen LogP contribution in [0.3, 0.4) is 0 Å². The lowest BCUT2D eigenvalue weighted by atomic mass is 10.0. The van der Waals surface area contributed by atoms with Crippen LogP contribution in [0.5, 0.6) is 0 Å². The molecule has 108 valence electrons. The summed E-state index contributed by atoms with van der Waals surface area (Å²) in [6.07, 6.45) is 5.43. The molecule has 1 aromatic heterocycles. The lowest BCUT2D eigenvalue weighted by Gasteiger charge is -2.23. The zero-order valence-corrected chi connectivity index (χ0v) is 13.7. The van der Waals surface area contributed by atoms with E-state index in [4.69, 9.17) is 4.42 Å². The number of nitrogens with zero attached hydrogens (tertiary/aromatic N) is 1. The number of hydrogen-bond donors (Lipinski definition) is 0. The van der Waals surface area contributed by atoms with Gasteiger partial charge in [-0.3, -0.25) is 4.79 Å². The smallest absolute Gasteiger partial charge is 0.247 e. The van der Waals surface area contributed by atoms with Crippen LogP contribution in [-0.2, 0) is 4.79 Å². The number of benzene rings is 1. The number of carbonyl (C=O) groups excluding carboxylic acids is 1. The van der Waals surface area contributed by atoms with Crippen molar-refractivity contribution in [1.29, 1.82) is 0 Å². The average molecular weight is 393 g/mol. The normalized spacial score (nSPS) is 18.5. The SMILES string of the molecule is O=C(/C=C/c1ccc(I)o1)N1CCCC1c1ccccc1. The van der Waals surface area contributed by atoms with Crippen molar-refractivity contribution >= 4 is 34.6 Å². The van der Waals surface area contributed by atoms with Gasteiger partial charge in [0.15, 0.2) is 3.77 Å². The molecule has 21 heavy (non-hydrogen) atoms. The van der Waals surface area contributed by atoms with Crippen molar-refractivity contribution in [3.05, 3.63) is 63.6 Å². The maximum atomic E-state index is 12.4. The lowest BCUT2D eigenvalue weighted by Crippen LogP contribution is -2.28. The standard InChI is InChI=1S/C17H16INO2/c18-16-10-8-14(21-16)9-11-17(20)19-12-4-7-15(19)13-5-2-1-3-6-13/h1-3,5-6,8-11,15H,4,7,12H2/b11-9+. The van der Waals surface area contributed by atoms with Gasteiger partial charge in [0.05, 0.1) is 6.04 Å². The molecule has 1 aliphatic heterocycles. The summed E-state index contributed by atoms with van der Waals surface area (Å²) in [4.78, 5) is 14.3. The molecule has 0 N–H and O–H groups in total. The van der Waals surface area contributed by atoms with E-state index in [1.165, 1.54) is 5.56 Å². The van der Waals surface area contributed by atoms with E-state index in [0.717, 1.165) is 23.2 Å². The van der Waals surface area contributed by atoms with E-state index < -0.39 is 0 Å². The first kappa shape index (κ1) is 14.4. The van der Waals surface area contributed by atoms with Gasteiger partial charge in [0.25, 0.3) is 0 Å². The van der Waals surface area contributed by atoms with Crippen LogP contribution in [0.15, 0.2) is 53.0 Å². The molecule has 1 saturated heterocycles. The van der Waals surface area contributed by atoms with Gasteiger partial charge in [-0.2, -0.15) is 0 Å². The highest BCUT2D eigenvalue weighted by Gasteiger charge is 2.28. The average Bonchev–Trinajstić information content (AvgIpc) is 3.14. The highest BCUT2D eigenvalue weighted by molar-refractivity contribution is 14.1. The molecule has 0 radical (unpaired) electrons. The second-order valence-electron chi connectivity index (χ2n) is 5.08. The summed E-state index contributed by atoms with van der Waals surface area (Å²) < 4.78 is 6.26. The summed E-state index contributed by atoms with van der Waals surface area (Å²) >= 11 is 2.11. The maximum Gasteiger partial charge on any atom is 0.247 e. The van der Waals surface area contributed by atoms with Gasteiger partial charge in [0.1, 0.15) is 5.76 Å². The minimum atomic E-state index is 0.0489. The van der Waals surface area contributed by atoms with Gasteiger partial charge in [-0.05, 0) is 59.2 Å². The molecule has 2 heterocycles. The van der Waals surface area contributed by atoms with Crippen LogP contribution in [0.1, 0.15) is 30.2 Å². The highest BCUT2D eigenvalue weighted by Crippen LogP contribution is 2.31. The minimum absolute atomic E-state index is 0.0489. The van der Waals surface area contributed by atoms with Crippen molar-refractivity contribution in [2.24, 2.45) is 0 Å². The second-order valence-corrected chi connectivity index (χ2v) is 6.14. The molecule has 4 heteroatoms. The van der Waals surface area contributed by atoms with E-state index in [-0.39, 0.29) is 11.9 Å². The fourth-order valence-corrected chi connectivity index (χ4v) is 3.15. The Balaban J connectivity index is 1.73. The molecule has 1 atom stereocenters. The summed E-state index contributed by atoms with van der Waals surface area (Å²) in [6.45, 7) is 0.818. The molecule has 0 aliphatic carbocycles. The Labute approximate surface area is 137 Å². The van der Waals surface area contributed by atoms with Crippen LogP contribution in [0, 0.1) is 3.77 Å². The number of halogens is 1. The summed E-state index contributed by atoms with van der Waals surface area (Å²) in [5, 5.41) is 0. The molecule has 1 unspecified atom stereocenters. The van der Waals surface area contributed by atoms with Gasteiger partial charge < -0.3 is 9.32 Å². The van der Waals surface area contributed by atoms with E-state index in [9.17, 15) is 4.79 Å². The highest BCUT2D eigenvalue weighted by atomic mass is 127. The fraction of sp³-hybridized carbons (Fsp3) is 0.235. The van der Waals surface area contributed by atoms with Crippen LogP contribution in [0.25, 0.3) is 6.08 Å². The fourth-order valence-electron chi connectivity index (χ4n) is 2.72. The predicted octanol–water partition coefficient (Wildman–Crippen LogP) is 4.26. The molecule has 3 rings (SSSR count). The van der Waals surface area contributed by atoms with Crippen LogP contribution in [0.4, 0.5) is 0 Å². The van der Waals surface area contributed by atoms with Crippen LogP contribution >= 0.6 is 22.6 Å². The summed E-state index contributed by atoms with van der Waals surface area (Å²) in [5.41, 5.74) is 1.21. The van der Waals surface area contributed by atoms with E-state index in [2.05, 4.69) is 34.7 Å². The van der Waals surface area contributed by atoms with Crippen LogP contribution in [-0.4, -0.2) is 17.4 Å². The van der Waals surface area contributed by atoms with Crippen molar-refractivity contribution in [2.45, 2.75) is 18.9 Å². The van der Waals surface area contributed by atoms with Gasteiger partial charge >= 0.3 is 0 Å². The molecule has 1 aliphatic rings. The summed E-state index contributed by atoms with van der Waals surface area (Å²) in [5.74, 6) is 0.760.